The summed E-state index contributed by atoms with van der Waals surface area (Å²) in [7, 11) is 0. The molecule has 0 aromatic heterocycles. The second kappa shape index (κ2) is 4.88. The normalized spacial score (nSPS) is 13.3. The van der Waals surface area contributed by atoms with Crippen LogP contribution in [0.1, 0.15) is 39.4 Å². The number of esters is 1. The minimum Gasteiger partial charge on any atom is -0.457 e. The van der Waals surface area contributed by atoms with Gasteiger partial charge in [0.25, 0.3) is 0 Å². The van der Waals surface area contributed by atoms with E-state index in [0.29, 0.717) is 5.02 Å². The minimum absolute atomic E-state index is 0.139. The highest BCUT2D eigenvalue weighted by atomic mass is 35.5. The molecule has 1 rings (SSSR count). The van der Waals surface area contributed by atoms with Gasteiger partial charge in [-0.15, -0.1) is 0 Å². The second-order valence-electron chi connectivity index (χ2n) is 4.91. The monoisotopic (exact) mass is 240 g/mol. The predicted molar refractivity (Wildman–Crippen MR) is 65.4 cm³/mol. The molecule has 3 heteroatoms. The SMILES string of the molecule is CC(=O)OC(c1ccc(Cl)cc1)C(C)(C)C. The van der Waals surface area contributed by atoms with Gasteiger partial charge >= 0.3 is 5.97 Å². The van der Waals surface area contributed by atoms with E-state index in [1.807, 2.05) is 32.9 Å². The van der Waals surface area contributed by atoms with E-state index in [4.69, 9.17) is 16.3 Å². The van der Waals surface area contributed by atoms with Gasteiger partial charge in [0.15, 0.2) is 0 Å². The van der Waals surface area contributed by atoms with Crippen molar-refractivity contribution in [3.63, 3.8) is 0 Å². The molecule has 0 heterocycles. The first-order valence-corrected chi connectivity index (χ1v) is 5.61. The van der Waals surface area contributed by atoms with Gasteiger partial charge in [-0.25, -0.2) is 0 Å². The topological polar surface area (TPSA) is 26.3 Å². The van der Waals surface area contributed by atoms with Crippen LogP contribution in [-0.4, -0.2) is 5.97 Å². The van der Waals surface area contributed by atoms with Crippen LogP contribution in [0.3, 0.4) is 0 Å². The predicted octanol–water partition coefficient (Wildman–Crippen LogP) is 3.99. The highest BCUT2D eigenvalue weighted by molar-refractivity contribution is 6.30. The fraction of sp³-hybridized carbons (Fsp3) is 0.462. The molecule has 0 bridgehead atoms. The highest BCUT2D eigenvalue weighted by Gasteiger charge is 2.28. The Labute approximate surface area is 102 Å². The van der Waals surface area contributed by atoms with Gasteiger partial charge in [0.2, 0.25) is 0 Å². The van der Waals surface area contributed by atoms with Crippen LogP contribution in [-0.2, 0) is 9.53 Å². The Kier molecular flexibility index (Phi) is 3.98. The van der Waals surface area contributed by atoms with Gasteiger partial charge in [0.1, 0.15) is 6.10 Å². The Hall–Kier alpha value is -1.02. The molecule has 1 atom stereocenters. The number of benzene rings is 1. The second-order valence-corrected chi connectivity index (χ2v) is 5.34. The van der Waals surface area contributed by atoms with Crippen molar-refractivity contribution in [1.29, 1.82) is 0 Å². The molecule has 0 aliphatic heterocycles. The van der Waals surface area contributed by atoms with Crippen molar-refractivity contribution in [3.05, 3.63) is 34.9 Å². The first-order valence-electron chi connectivity index (χ1n) is 5.23. The summed E-state index contributed by atoms with van der Waals surface area (Å²) >= 11 is 5.83. The van der Waals surface area contributed by atoms with Crippen LogP contribution in [0.15, 0.2) is 24.3 Å². The lowest BCUT2D eigenvalue weighted by Crippen LogP contribution is -2.23. The van der Waals surface area contributed by atoms with Crippen LogP contribution in [0.4, 0.5) is 0 Å². The van der Waals surface area contributed by atoms with Crippen LogP contribution in [0.25, 0.3) is 0 Å². The van der Waals surface area contributed by atoms with E-state index in [9.17, 15) is 4.79 Å². The third-order valence-corrected chi connectivity index (χ3v) is 2.50. The van der Waals surface area contributed by atoms with Crippen molar-refractivity contribution in [2.75, 3.05) is 0 Å². The Morgan fingerprint density at radius 2 is 1.75 bits per heavy atom. The standard InChI is InChI=1S/C13H17ClO2/c1-9(15)16-12(13(2,3)4)10-5-7-11(14)8-6-10/h5-8,12H,1-4H3. The average molecular weight is 241 g/mol. The van der Waals surface area contributed by atoms with Gasteiger partial charge in [-0.1, -0.05) is 44.5 Å². The van der Waals surface area contributed by atoms with E-state index < -0.39 is 0 Å². The van der Waals surface area contributed by atoms with E-state index in [-0.39, 0.29) is 17.5 Å². The molecule has 2 nitrogen and oxygen atoms in total. The van der Waals surface area contributed by atoms with Crippen LogP contribution < -0.4 is 0 Å². The molecular formula is C13H17ClO2. The fourth-order valence-electron chi connectivity index (χ4n) is 1.55. The van der Waals surface area contributed by atoms with Crippen LogP contribution in [0.5, 0.6) is 0 Å². The summed E-state index contributed by atoms with van der Waals surface area (Å²) in [6.07, 6.45) is -0.248. The number of carbonyl (C=O) groups is 1. The number of hydrogen-bond acceptors (Lipinski definition) is 2. The molecular weight excluding hydrogens is 224 g/mol. The van der Waals surface area contributed by atoms with Gasteiger partial charge in [0, 0.05) is 17.4 Å². The zero-order chi connectivity index (χ0) is 12.3. The maximum absolute atomic E-state index is 11.1. The van der Waals surface area contributed by atoms with Crippen LogP contribution in [0.2, 0.25) is 5.02 Å². The average Bonchev–Trinajstić information content (AvgIpc) is 2.14. The lowest BCUT2D eigenvalue weighted by atomic mass is 9.84. The van der Waals surface area contributed by atoms with E-state index in [1.54, 1.807) is 12.1 Å². The quantitative estimate of drug-likeness (QED) is 0.731. The summed E-state index contributed by atoms with van der Waals surface area (Å²) in [6.45, 7) is 7.54. The fourth-order valence-corrected chi connectivity index (χ4v) is 1.67. The molecule has 0 aliphatic rings. The number of halogens is 1. The smallest absolute Gasteiger partial charge is 0.303 e. The van der Waals surface area contributed by atoms with Gasteiger partial charge in [-0.05, 0) is 17.7 Å². The zero-order valence-electron chi connectivity index (χ0n) is 10.1. The van der Waals surface area contributed by atoms with Gasteiger partial charge in [-0.2, -0.15) is 0 Å². The van der Waals surface area contributed by atoms with Gasteiger partial charge in [-0.3, -0.25) is 4.79 Å². The molecule has 1 aromatic rings. The lowest BCUT2D eigenvalue weighted by Gasteiger charge is -2.30. The number of rotatable bonds is 2. The molecule has 88 valence electrons. The van der Waals surface area contributed by atoms with Crippen molar-refractivity contribution in [1.82, 2.24) is 0 Å². The third-order valence-electron chi connectivity index (χ3n) is 2.24. The summed E-state index contributed by atoms with van der Waals surface area (Å²) in [6, 6.07) is 7.39. The highest BCUT2D eigenvalue weighted by Crippen LogP contribution is 2.36. The van der Waals surface area contributed by atoms with Gasteiger partial charge < -0.3 is 4.74 Å². The van der Waals surface area contributed by atoms with Crippen LogP contribution >= 0.6 is 11.6 Å². The Morgan fingerprint density at radius 1 is 1.25 bits per heavy atom. The molecule has 0 spiro atoms. The summed E-state index contributed by atoms with van der Waals surface area (Å²) in [4.78, 5) is 11.1. The van der Waals surface area contributed by atoms with Gasteiger partial charge in [0.05, 0.1) is 0 Å². The molecule has 0 fully saturated rings. The number of ether oxygens (including phenoxy) is 1. The Bertz CT molecular complexity index is 363. The molecule has 16 heavy (non-hydrogen) atoms. The maximum atomic E-state index is 11.1. The van der Waals surface area contributed by atoms with Crippen molar-refractivity contribution in [2.24, 2.45) is 5.41 Å². The van der Waals surface area contributed by atoms with Crippen molar-refractivity contribution < 1.29 is 9.53 Å². The summed E-state index contributed by atoms with van der Waals surface area (Å²) < 4.78 is 5.36. The van der Waals surface area contributed by atoms with Crippen LogP contribution in [0, 0.1) is 5.41 Å². The summed E-state index contributed by atoms with van der Waals surface area (Å²) in [5, 5.41) is 0.680. The van der Waals surface area contributed by atoms with E-state index >= 15 is 0 Å². The molecule has 0 aliphatic carbocycles. The first-order chi connectivity index (χ1) is 7.30. The molecule has 0 radical (unpaired) electrons. The number of hydrogen-bond donors (Lipinski definition) is 0. The lowest BCUT2D eigenvalue weighted by molar-refractivity contribution is -0.152. The van der Waals surface area contributed by atoms with E-state index in [1.165, 1.54) is 6.92 Å². The summed E-state index contributed by atoms with van der Waals surface area (Å²) in [5.74, 6) is -0.269. The Balaban J connectivity index is 3.01. The van der Waals surface area contributed by atoms with Crippen molar-refractivity contribution in [3.8, 4) is 0 Å². The molecule has 0 saturated carbocycles. The molecule has 1 aromatic carbocycles. The molecule has 0 amide bonds. The Morgan fingerprint density at radius 3 is 2.12 bits per heavy atom. The van der Waals surface area contributed by atoms with E-state index in [2.05, 4.69) is 0 Å². The molecule has 0 saturated heterocycles. The number of carbonyl (C=O) groups excluding carboxylic acids is 1. The van der Waals surface area contributed by atoms with Crippen molar-refractivity contribution in [2.45, 2.75) is 33.8 Å². The van der Waals surface area contributed by atoms with Crippen molar-refractivity contribution >= 4 is 17.6 Å². The van der Waals surface area contributed by atoms with E-state index in [0.717, 1.165) is 5.56 Å². The summed E-state index contributed by atoms with van der Waals surface area (Å²) in [5.41, 5.74) is 0.826. The minimum atomic E-state index is -0.269. The zero-order valence-corrected chi connectivity index (χ0v) is 10.8. The molecule has 1 unspecified atom stereocenters. The largest absolute Gasteiger partial charge is 0.457 e. The third kappa shape index (κ3) is 3.53. The molecule has 0 N–H and O–H groups in total. The maximum Gasteiger partial charge on any atom is 0.303 e. The first kappa shape index (κ1) is 13.0.